The van der Waals surface area contributed by atoms with Crippen molar-refractivity contribution in [1.29, 1.82) is 0 Å². The summed E-state index contributed by atoms with van der Waals surface area (Å²) in [5, 5.41) is 2.79. The van der Waals surface area contributed by atoms with Gasteiger partial charge in [0, 0.05) is 0 Å². The Kier molecular flexibility index (Phi) is 5.83. The Balaban J connectivity index is 2.28. The second kappa shape index (κ2) is 8.05. The molecule has 24 heavy (non-hydrogen) atoms. The highest BCUT2D eigenvalue weighted by Crippen LogP contribution is 2.31. The van der Waals surface area contributed by atoms with Gasteiger partial charge in [0.05, 0.1) is 45.6 Å². The lowest BCUT2D eigenvalue weighted by atomic mass is 10.0. The number of methoxy groups -OCH3 is 3. The SMILES string of the molecule is COC(=O)CC(NC(=O)c1ccoc1)c1ccc(OC)c(OC)c1. The lowest BCUT2D eigenvalue weighted by Gasteiger charge is -2.19. The lowest BCUT2D eigenvalue weighted by Crippen LogP contribution is -2.30. The number of carbonyl (C=O) groups excluding carboxylic acids is 2. The number of amides is 1. The largest absolute Gasteiger partial charge is 0.493 e. The molecule has 2 aromatic rings. The molecule has 0 radical (unpaired) electrons. The highest BCUT2D eigenvalue weighted by molar-refractivity contribution is 5.94. The zero-order chi connectivity index (χ0) is 17.5. The van der Waals surface area contributed by atoms with E-state index in [4.69, 9.17) is 18.6 Å². The van der Waals surface area contributed by atoms with E-state index in [2.05, 4.69) is 5.32 Å². The summed E-state index contributed by atoms with van der Waals surface area (Å²) in [5.74, 6) is 0.261. The second-order valence-corrected chi connectivity index (χ2v) is 4.93. The van der Waals surface area contributed by atoms with Gasteiger partial charge in [-0.15, -0.1) is 0 Å². The van der Waals surface area contributed by atoms with E-state index >= 15 is 0 Å². The van der Waals surface area contributed by atoms with Gasteiger partial charge in [0.25, 0.3) is 5.91 Å². The van der Waals surface area contributed by atoms with Crippen molar-refractivity contribution in [1.82, 2.24) is 5.32 Å². The van der Waals surface area contributed by atoms with Crippen LogP contribution in [0, 0.1) is 0 Å². The van der Waals surface area contributed by atoms with E-state index < -0.39 is 12.0 Å². The van der Waals surface area contributed by atoms with Crippen LogP contribution in [0.25, 0.3) is 0 Å². The Morgan fingerprint density at radius 2 is 1.88 bits per heavy atom. The molecule has 0 aliphatic carbocycles. The molecule has 0 aliphatic rings. The van der Waals surface area contributed by atoms with Gasteiger partial charge in [-0.25, -0.2) is 0 Å². The van der Waals surface area contributed by atoms with Crippen molar-refractivity contribution in [3.63, 3.8) is 0 Å². The Labute approximate surface area is 139 Å². The van der Waals surface area contributed by atoms with Gasteiger partial charge >= 0.3 is 5.97 Å². The van der Waals surface area contributed by atoms with Gasteiger partial charge in [0.1, 0.15) is 6.26 Å². The van der Waals surface area contributed by atoms with Gasteiger partial charge in [-0.2, -0.15) is 0 Å². The van der Waals surface area contributed by atoms with Crippen LogP contribution < -0.4 is 14.8 Å². The summed E-state index contributed by atoms with van der Waals surface area (Å²) in [7, 11) is 4.34. The normalized spacial score (nSPS) is 11.5. The van der Waals surface area contributed by atoms with Crippen molar-refractivity contribution >= 4 is 11.9 Å². The third-order valence-electron chi connectivity index (χ3n) is 3.50. The predicted molar refractivity (Wildman–Crippen MR) is 85.1 cm³/mol. The molecule has 1 unspecified atom stereocenters. The Morgan fingerprint density at radius 1 is 1.12 bits per heavy atom. The number of rotatable bonds is 7. The van der Waals surface area contributed by atoms with Crippen LogP contribution in [0.1, 0.15) is 28.4 Å². The summed E-state index contributed by atoms with van der Waals surface area (Å²) < 4.78 is 20.1. The smallest absolute Gasteiger partial charge is 0.307 e. The fourth-order valence-electron chi connectivity index (χ4n) is 2.21. The zero-order valence-corrected chi connectivity index (χ0v) is 13.7. The number of esters is 1. The molecule has 1 N–H and O–H groups in total. The minimum atomic E-state index is -0.584. The maximum absolute atomic E-state index is 12.3. The molecule has 2 rings (SSSR count). The van der Waals surface area contributed by atoms with E-state index in [1.807, 2.05) is 0 Å². The second-order valence-electron chi connectivity index (χ2n) is 4.93. The van der Waals surface area contributed by atoms with Gasteiger partial charge in [-0.3, -0.25) is 9.59 Å². The zero-order valence-electron chi connectivity index (χ0n) is 13.7. The van der Waals surface area contributed by atoms with E-state index in [1.54, 1.807) is 24.3 Å². The highest BCUT2D eigenvalue weighted by Gasteiger charge is 2.21. The first-order valence-electron chi connectivity index (χ1n) is 7.20. The molecule has 0 aliphatic heterocycles. The van der Waals surface area contributed by atoms with Crippen LogP contribution in [0.3, 0.4) is 0 Å². The van der Waals surface area contributed by atoms with Crippen LogP contribution in [0.5, 0.6) is 11.5 Å². The molecule has 1 aromatic heterocycles. The van der Waals surface area contributed by atoms with Crippen LogP contribution in [0.15, 0.2) is 41.2 Å². The predicted octanol–water partition coefficient (Wildman–Crippen LogP) is 2.33. The minimum absolute atomic E-state index is 0.0183. The quantitative estimate of drug-likeness (QED) is 0.783. The molecule has 0 bridgehead atoms. The average molecular weight is 333 g/mol. The standard InChI is InChI=1S/C17H19NO6/c1-21-14-5-4-11(8-15(14)22-2)13(9-16(19)23-3)18-17(20)12-6-7-24-10-12/h4-8,10,13H,9H2,1-3H3,(H,18,20). The van der Waals surface area contributed by atoms with Crippen LogP contribution >= 0.6 is 0 Å². The van der Waals surface area contributed by atoms with Gasteiger partial charge in [-0.05, 0) is 23.8 Å². The summed E-state index contributed by atoms with van der Waals surface area (Å²) in [6.07, 6.45) is 2.72. The highest BCUT2D eigenvalue weighted by atomic mass is 16.5. The number of hydrogen-bond donors (Lipinski definition) is 1. The van der Waals surface area contributed by atoms with Crippen molar-refractivity contribution < 1.29 is 28.2 Å². The number of furan rings is 1. The number of hydrogen-bond acceptors (Lipinski definition) is 6. The molecule has 7 nitrogen and oxygen atoms in total. The fourth-order valence-corrected chi connectivity index (χ4v) is 2.21. The van der Waals surface area contributed by atoms with Crippen molar-refractivity contribution in [3.05, 3.63) is 47.9 Å². The summed E-state index contributed by atoms with van der Waals surface area (Å²) >= 11 is 0. The average Bonchev–Trinajstić information content (AvgIpc) is 3.15. The molecule has 1 amide bonds. The first-order chi connectivity index (χ1) is 11.6. The molecule has 1 heterocycles. The van der Waals surface area contributed by atoms with Gasteiger partial charge in [0.15, 0.2) is 11.5 Å². The van der Waals surface area contributed by atoms with Crippen LogP contribution in [0.4, 0.5) is 0 Å². The first-order valence-corrected chi connectivity index (χ1v) is 7.20. The number of ether oxygens (including phenoxy) is 3. The summed E-state index contributed by atoms with van der Waals surface area (Å²) in [4.78, 5) is 24.0. The maximum Gasteiger partial charge on any atom is 0.307 e. The molecule has 128 valence electrons. The Morgan fingerprint density at radius 3 is 2.46 bits per heavy atom. The number of benzene rings is 1. The molecular weight excluding hydrogens is 314 g/mol. The lowest BCUT2D eigenvalue weighted by molar-refractivity contribution is -0.141. The van der Waals surface area contributed by atoms with Crippen LogP contribution in [0.2, 0.25) is 0 Å². The molecule has 0 saturated heterocycles. The van der Waals surface area contributed by atoms with E-state index in [0.29, 0.717) is 22.6 Å². The minimum Gasteiger partial charge on any atom is -0.493 e. The third kappa shape index (κ3) is 4.07. The van der Waals surface area contributed by atoms with Gasteiger partial charge in [-0.1, -0.05) is 6.07 Å². The molecule has 0 spiro atoms. The van der Waals surface area contributed by atoms with E-state index in [-0.39, 0.29) is 12.3 Å². The van der Waals surface area contributed by atoms with Gasteiger partial charge < -0.3 is 23.9 Å². The van der Waals surface area contributed by atoms with Crippen molar-refractivity contribution in [2.24, 2.45) is 0 Å². The topological polar surface area (TPSA) is 87.0 Å². The summed E-state index contributed by atoms with van der Waals surface area (Å²) in [6, 6.07) is 6.13. The maximum atomic E-state index is 12.3. The summed E-state index contributed by atoms with van der Waals surface area (Å²) in [5.41, 5.74) is 1.06. The Bertz CT molecular complexity index is 695. The molecule has 7 heteroatoms. The van der Waals surface area contributed by atoms with Crippen molar-refractivity contribution in [2.45, 2.75) is 12.5 Å². The third-order valence-corrected chi connectivity index (χ3v) is 3.50. The Hall–Kier alpha value is -2.96. The molecule has 1 aromatic carbocycles. The number of nitrogens with one attached hydrogen (secondary N) is 1. The molecular formula is C17H19NO6. The van der Waals surface area contributed by atoms with Crippen LogP contribution in [-0.4, -0.2) is 33.2 Å². The molecule has 1 atom stereocenters. The fraction of sp³-hybridized carbons (Fsp3) is 0.294. The van der Waals surface area contributed by atoms with E-state index in [0.717, 1.165) is 0 Å². The van der Waals surface area contributed by atoms with Crippen molar-refractivity contribution in [2.75, 3.05) is 21.3 Å². The molecule has 0 saturated carbocycles. The van der Waals surface area contributed by atoms with Crippen molar-refractivity contribution in [3.8, 4) is 11.5 Å². The van der Waals surface area contributed by atoms with Crippen LogP contribution in [-0.2, 0) is 9.53 Å². The van der Waals surface area contributed by atoms with E-state index in [9.17, 15) is 9.59 Å². The monoisotopic (exact) mass is 333 g/mol. The van der Waals surface area contributed by atoms with E-state index in [1.165, 1.54) is 33.9 Å². The molecule has 0 fully saturated rings. The first kappa shape index (κ1) is 17.4. The summed E-state index contributed by atoms with van der Waals surface area (Å²) in [6.45, 7) is 0. The van der Waals surface area contributed by atoms with Gasteiger partial charge in [0.2, 0.25) is 0 Å². The number of carbonyl (C=O) groups is 2.